The zero-order chi connectivity index (χ0) is 29.3. The van der Waals surface area contributed by atoms with Gasteiger partial charge < -0.3 is 10.0 Å². The first-order valence-electron chi connectivity index (χ1n) is 14.4. The summed E-state index contributed by atoms with van der Waals surface area (Å²) in [6, 6.07) is 27.1. The molecule has 6 rings (SSSR count). The number of aryl methyl sites for hydroxylation is 1. The van der Waals surface area contributed by atoms with Gasteiger partial charge in [0.1, 0.15) is 17.1 Å². The summed E-state index contributed by atoms with van der Waals surface area (Å²) in [5.74, 6) is 1.31. The van der Waals surface area contributed by atoms with Crippen molar-refractivity contribution in [2.24, 2.45) is 0 Å². The molecule has 3 heterocycles. The Morgan fingerprint density at radius 2 is 1.67 bits per heavy atom. The second-order valence-corrected chi connectivity index (χ2v) is 13.2. The molecule has 1 aliphatic rings. The van der Waals surface area contributed by atoms with Crippen molar-refractivity contribution < 1.29 is 26.2 Å². The van der Waals surface area contributed by atoms with Crippen LogP contribution in [-0.4, -0.2) is 15.1 Å². The van der Waals surface area contributed by atoms with Gasteiger partial charge in [-0.2, -0.15) is 0 Å². The first-order valence-corrected chi connectivity index (χ1v) is 14.4. The molecule has 0 unspecified atom stereocenters. The fourth-order valence-corrected chi connectivity index (χ4v) is 6.16. The van der Waals surface area contributed by atoms with Crippen LogP contribution in [0.25, 0.3) is 22.2 Å². The minimum atomic E-state index is -0.218. The van der Waals surface area contributed by atoms with E-state index < -0.39 is 0 Å². The van der Waals surface area contributed by atoms with Gasteiger partial charge in [-0.25, -0.2) is 4.98 Å². The Kier molecular flexibility index (Phi) is 7.60. The SMILES string of the molecule is Cc1ccnc(N2c3[c-]c(-c4ccc5c(C(C)(C)C)cc(C(C)C)c(O)c5n4)ccc3C(C)(C)c3ccccc32)c1.[Pt]. The normalized spacial score (nSPS) is 14.0. The number of hydrogen-bond acceptors (Lipinski definition) is 4. The maximum absolute atomic E-state index is 11.4. The molecule has 0 bridgehead atoms. The summed E-state index contributed by atoms with van der Waals surface area (Å²) in [7, 11) is 0. The van der Waals surface area contributed by atoms with Crippen molar-refractivity contribution in [3.63, 3.8) is 0 Å². The Bertz CT molecular complexity index is 1820. The van der Waals surface area contributed by atoms with E-state index in [4.69, 9.17) is 9.97 Å². The van der Waals surface area contributed by atoms with E-state index in [-0.39, 0.29) is 43.6 Å². The third-order valence-electron chi connectivity index (χ3n) is 8.46. The molecule has 2 aromatic heterocycles. The number of nitrogens with zero attached hydrogens (tertiary/aromatic N) is 3. The number of para-hydroxylation sites is 1. The summed E-state index contributed by atoms with van der Waals surface area (Å²) in [4.78, 5) is 12.1. The van der Waals surface area contributed by atoms with Crippen molar-refractivity contribution in [1.29, 1.82) is 0 Å². The Morgan fingerprint density at radius 3 is 2.36 bits per heavy atom. The number of aromatic hydroxyl groups is 1. The first kappa shape index (κ1) is 30.0. The van der Waals surface area contributed by atoms with E-state index in [0.717, 1.165) is 45.0 Å². The number of pyridine rings is 2. The summed E-state index contributed by atoms with van der Waals surface area (Å²) in [5, 5.41) is 12.4. The van der Waals surface area contributed by atoms with Crippen LogP contribution in [0.5, 0.6) is 5.75 Å². The monoisotopic (exact) mass is 735 g/mol. The Labute approximate surface area is 264 Å². The number of hydrogen-bond donors (Lipinski definition) is 1. The fourth-order valence-electron chi connectivity index (χ4n) is 6.16. The molecule has 0 atom stereocenters. The number of anilines is 3. The minimum Gasteiger partial charge on any atom is -0.505 e. The van der Waals surface area contributed by atoms with Gasteiger partial charge in [0.15, 0.2) is 0 Å². The van der Waals surface area contributed by atoms with Crippen LogP contribution in [0.1, 0.15) is 82.2 Å². The average Bonchev–Trinajstić information content (AvgIpc) is 2.92. The average molecular weight is 736 g/mol. The van der Waals surface area contributed by atoms with E-state index in [0.29, 0.717) is 5.52 Å². The summed E-state index contributed by atoms with van der Waals surface area (Å²) in [5.41, 5.74) is 9.79. The predicted octanol–water partition coefficient (Wildman–Crippen LogP) is 9.64. The van der Waals surface area contributed by atoms with Crippen LogP contribution in [-0.2, 0) is 31.9 Å². The molecule has 5 heteroatoms. The molecule has 0 fully saturated rings. The quantitative estimate of drug-likeness (QED) is 0.188. The van der Waals surface area contributed by atoms with Gasteiger partial charge in [0.2, 0.25) is 0 Å². The van der Waals surface area contributed by atoms with Gasteiger partial charge in [-0.05, 0) is 75.5 Å². The largest absolute Gasteiger partial charge is 0.505 e. The number of phenols is 1. The van der Waals surface area contributed by atoms with Gasteiger partial charge in [-0.1, -0.05) is 90.4 Å². The van der Waals surface area contributed by atoms with Gasteiger partial charge in [-0.15, -0.1) is 23.8 Å². The van der Waals surface area contributed by atoms with Crippen molar-refractivity contribution in [2.75, 3.05) is 4.90 Å². The molecule has 0 saturated carbocycles. The van der Waals surface area contributed by atoms with Gasteiger partial charge in [0, 0.05) is 38.3 Å². The van der Waals surface area contributed by atoms with Crippen molar-refractivity contribution in [3.8, 4) is 17.0 Å². The van der Waals surface area contributed by atoms with E-state index in [2.05, 4.69) is 127 Å². The van der Waals surface area contributed by atoms with Crippen LogP contribution < -0.4 is 4.90 Å². The molecule has 0 saturated heterocycles. The first-order chi connectivity index (χ1) is 19.4. The summed E-state index contributed by atoms with van der Waals surface area (Å²) in [6.07, 6.45) is 1.86. The van der Waals surface area contributed by atoms with Crippen molar-refractivity contribution in [3.05, 3.63) is 107 Å². The Hall–Kier alpha value is -3.49. The van der Waals surface area contributed by atoms with Gasteiger partial charge >= 0.3 is 0 Å². The van der Waals surface area contributed by atoms with E-state index in [1.807, 2.05) is 12.3 Å². The Morgan fingerprint density at radius 1 is 0.929 bits per heavy atom. The molecular formula is C37H38N3OPt-. The van der Waals surface area contributed by atoms with Crippen LogP contribution in [0.3, 0.4) is 0 Å². The summed E-state index contributed by atoms with van der Waals surface area (Å²) in [6.45, 7) is 17.5. The smallest absolute Gasteiger partial charge is 0.144 e. The maximum atomic E-state index is 11.4. The minimum absolute atomic E-state index is 0. The molecule has 1 aliphatic heterocycles. The second-order valence-electron chi connectivity index (χ2n) is 13.2. The molecule has 5 aromatic rings. The van der Waals surface area contributed by atoms with Crippen LogP contribution >= 0.6 is 0 Å². The molecule has 3 aromatic carbocycles. The van der Waals surface area contributed by atoms with E-state index in [9.17, 15) is 5.11 Å². The van der Waals surface area contributed by atoms with Crippen molar-refractivity contribution in [1.82, 2.24) is 9.97 Å². The molecule has 218 valence electrons. The van der Waals surface area contributed by atoms with Gasteiger partial charge in [-0.3, -0.25) is 4.98 Å². The zero-order valence-corrected chi connectivity index (χ0v) is 27.9. The van der Waals surface area contributed by atoms with E-state index >= 15 is 0 Å². The zero-order valence-electron chi connectivity index (χ0n) is 25.6. The second kappa shape index (κ2) is 10.7. The van der Waals surface area contributed by atoms with Crippen LogP contribution in [0.2, 0.25) is 0 Å². The summed E-state index contributed by atoms with van der Waals surface area (Å²) < 4.78 is 0. The molecule has 42 heavy (non-hydrogen) atoms. The number of aromatic nitrogens is 2. The summed E-state index contributed by atoms with van der Waals surface area (Å²) >= 11 is 0. The molecule has 0 aliphatic carbocycles. The molecule has 0 amide bonds. The molecule has 1 N–H and O–H groups in total. The van der Waals surface area contributed by atoms with Crippen molar-refractivity contribution >= 4 is 28.1 Å². The number of benzene rings is 3. The molecule has 4 nitrogen and oxygen atoms in total. The number of fused-ring (bicyclic) bond motifs is 3. The third-order valence-corrected chi connectivity index (χ3v) is 8.46. The standard InChI is InChI=1S/C37H38N3O.Pt/c1-22(2)26-21-29(36(4,5)6)25-14-16-30(39-34(25)35(26)41)24-13-15-28-32(20-24)40(33-19-23(3)17-18-38-33)31-12-10-9-11-27(31)37(28,7)8;/h9-19,21-22,41H,1-8H3;/q-1;. The van der Waals surface area contributed by atoms with Crippen LogP contribution in [0.15, 0.2) is 72.9 Å². The number of phenolic OH excluding ortho intramolecular Hbond substituents is 1. The molecule has 0 radical (unpaired) electrons. The third kappa shape index (κ3) is 4.84. The van der Waals surface area contributed by atoms with Crippen LogP contribution in [0.4, 0.5) is 17.2 Å². The number of rotatable bonds is 3. The maximum Gasteiger partial charge on any atom is 0.144 e. The molecule has 0 spiro atoms. The molecular weight excluding hydrogens is 698 g/mol. The predicted molar refractivity (Wildman–Crippen MR) is 170 cm³/mol. The van der Waals surface area contributed by atoms with E-state index in [1.54, 1.807) is 0 Å². The van der Waals surface area contributed by atoms with E-state index in [1.165, 1.54) is 16.7 Å². The van der Waals surface area contributed by atoms with Crippen molar-refractivity contribution in [2.45, 2.75) is 72.1 Å². The Balaban J connectivity index is 0.00000353. The van der Waals surface area contributed by atoms with Crippen LogP contribution in [0, 0.1) is 13.0 Å². The fraction of sp³-hybridized carbons (Fsp3) is 0.297. The topological polar surface area (TPSA) is 49.2 Å². The van der Waals surface area contributed by atoms with Gasteiger partial charge in [0.25, 0.3) is 0 Å². The van der Waals surface area contributed by atoms with Gasteiger partial charge in [0.05, 0.1) is 0 Å².